The smallest absolute Gasteiger partial charge is 0.235 e. The molecule has 0 saturated heterocycles. The summed E-state index contributed by atoms with van der Waals surface area (Å²) in [4.78, 5) is 3.52. The maximum Gasteiger partial charge on any atom is 0.408 e. The molecule has 0 aliphatic heterocycles. The third-order valence-corrected chi connectivity index (χ3v) is 2.90. The number of rotatable bonds is 2. The van der Waals surface area contributed by atoms with E-state index in [1.165, 1.54) is 24.4 Å². The number of halogens is 4. The van der Waals surface area contributed by atoms with Crippen molar-refractivity contribution in [2.45, 2.75) is 12.7 Å². The molecule has 0 N–H and O–H groups in total. The second-order valence-electron chi connectivity index (χ2n) is 4.44. The van der Waals surface area contributed by atoms with Crippen LogP contribution in [0.25, 0.3) is 22.2 Å². The number of fused-ring (bicyclic) bond motifs is 1. The third-order valence-electron chi connectivity index (χ3n) is 2.90. The fourth-order valence-electron chi connectivity index (χ4n) is 1.98. The van der Waals surface area contributed by atoms with Gasteiger partial charge in [0.1, 0.15) is 12.1 Å². The quantitative estimate of drug-likeness (QED) is 0.539. The van der Waals surface area contributed by atoms with Crippen molar-refractivity contribution in [1.82, 2.24) is 20.0 Å². The summed E-state index contributed by atoms with van der Waals surface area (Å²) < 4.78 is 51.0. The normalized spacial score (nSPS) is 12.0. The zero-order chi connectivity index (χ0) is 15.0. The molecule has 0 spiro atoms. The van der Waals surface area contributed by atoms with E-state index in [1.807, 2.05) is 0 Å². The lowest BCUT2D eigenvalue weighted by Gasteiger charge is -2.07. The van der Waals surface area contributed by atoms with Gasteiger partial charge in [0.2, 0.25) is 5.95 Å². The molecule has 0 atom stereocenters. The highest BCUT2D eigenvalue weighted by Gasteiger charge is 2.29. The Morgan fingerprint density at radius 1 is 1.05 bits per heavy atom. The summed E-state index contributed by atoms with van der Waals surface area (Å²) in [5.41, 5.74) is 1.83. The fraction of sp³-hybridized carbons (Fsp3) is 0.154. The molecule has 0 fully saturated rings. The van der Waals surface area contributed by atoms with E-state index in [1.54, 1.807) is 12.1 Å². The molecule has 2 aromatic heterocycles. The van der Waals surface area contributed by atoms with Crippen LogP contribution in [0.4, 0.5) is 17.6 Å². The number of hydrogen-bond donors (Lipinski definition) is 0. The Bertz CT molecular complexity index is 777. The molecule has 0 unspecified atom stereocenters. The Balaban J connectivity index is 2.06. The van der Waals surface area contributed by atoms with Gasteiger partial charge in [-0.2, -0.15) is 17.6 Å². The average Bonchev–Trinajstić information content (AvgIpc) is 2.80. The highest BCUT2D eigenvalue weighted by molar-refractivity contribution is 5.81. The van der Waals surface area contributed by atoms with Gasteiger partial charge in [-0.25, -0.2) is 9.67 Å². The summed E-state index contributed by atoms with van der Waals surface area (Å²) in [5.74, 6) is -0.622. The summed E-state index contributed by atoms with van der Waals surface area (Å²) in [6, 6.07) is 7.44. The Morgan fingerprint density at radius 2 is 1.81 bits per heavy atom. The van der Waals surface area contributed by atoms with Gasteiger partial charge in [-0.05, 0) is 29.8 Å². The fourth-order valence-corrected chi connectivity index (χ4v) is 1.98. The van der Waals surface area contributed by atoms with E-state index in [-0.39, 0.29) is 5.52 Å². The van der Waals surface area contributed by atoms with Crippen LogP contribution in [-0.2, 0) is 6.54 Å². The van der Waals surface area contributed by atoms with Gasteiger partial charge in [-0.3, -0.25) is 0 Å². The number of hydrogen-bond acceptors (Lipinski definition) is 3. The van der Waals surface area contributed by atoms with Crippen LogP contribution in [0, 0.1) is 5.95 Å². The van der Waals surface area contributed by atoms with Gasteiger partial charge in [-0.15, -0.1) is 5.10 Å². The van der Waals surface area contributed by atoms with Crippen molar-refractivity contribution in [2.75, 3.05) is 0 Å². The molecular weight excluding hydrogens is 288 g/mol. The summed E-state index contributed by atoms with van der Waals surface area (Å²) in [5, 5.41) is 7.19. The van der Waals surface area contributed by atoms with Crippen LogP contribution in [0.3, 0.4) is 0 Å². The zero-order valence-corrected chi connectivity index (χ0v) is 10.5. The molecule has 3 aromatic rings. The van der Waals surface area contributed by atoms with Crippen LogP contribution in [0.2, 0.25) is 0 Å². The van der Waals surface area contributed by atoms with E-state index in [2.05, 4.69) is 15.3 Å². The van der Waals surface area contributed by atoms with Crippen LogP contribution < -0.4 is 0 Å². The van der Waals surface area contributed by atoms with Crippen LogP contribution in [0.1, 0.15) is 0 Å². The Hall–Kier alpha value is -2.51. The van der Waals surface area contributed by atoms with E-state index in [4.69, 9.17) is 0 Å². The molecule has 0 radical (unpaired) electrons. The van der Waals surface area contributed by atoms with Crippen LogP contribution in [0.15, 0.2) is 36.5 Å². The molecule has 21 heavy (non-hydrogen) atoms. The topological polar surface area (TPSA) is 43.6 Å². The lowest BCUT2D eigenvalue weighted by atomic mass is 10.1. The van der Waals surface area contributed by atoms with Gasteiger partial charge in [0, 0.05) is 11.8 Å². The first-order chi connectivity index (χ1) is 9.92. The van der Waals surface area contributed by atoms with Gasteiger partial charge in [0.15, 0.2) is 0 Å². The van der Waals surface area contributed by atoms with Crippen LogP contribution in [-0.4, -0.2) is 26.2 Å². The molecule has 1 aromatic carbocycles. The highest BCUT2D eigenvalue weighted by Crippen LogP contribution is 2.25. The van der Waals surface area contributed by atoms with Gasteiger partial charge < -0.3 is 0 Å². The molecule has 4 nitrogen and oxygen atoms in total. The standard InChI is InChI=1S/C13H8F4N4/c14-12-4-2-9(6-18-12)8-1-3-10-11(5-8)21(20-19-10)7-13(15,16)17/h1-6H,7H2. The van der Waals surface area contributed by atoms with Gasteiger partial charge in [0.25, 0.3) is 0 Å². The van der Waals surface area contributed by atoms with E-state index in [0.717, 1.165) is 4.68 Å². The maximum atomic E-state index is 12.8. The second kappa shape index (κ2) is 4.80. The minimum absolute atomic E-state index is 0.258. The monoisotopic (exact) mass is 296 g/mol. The van der Waals surface area contributed by atoms with Crippen LogP contribution >= 0.6 is 0 Å². The number of pyridine rings is 1. The predicted molar refractivity (Wildman–Crippen MR) is 66.8 cm³/mol. The summed E-state index contributed by atoms with van der Waals surface area (Å²) in [6.45, 7) is -1.21. The molecule has 0 amide bonds. The number of nitrogens with zero attached hydrogens (tertiary/aromatic N) is 4. The van der Waals surface area contributed by atoms with Crippen molar-refractivity contribution >= 4 is 11.0 Å². The minimum atomic E-state index is -4.38. The first-order valence-corrected chi connectivity index (χ1v) is 5.94. The molecule has 108 valence electrons. The van der Waals surface area contributed by atoms with Crippen LogP contribution in [0.5, 0.6) is 0 Å². The molecule has 2 heterocycles. The SMILES string of the molecule is Fc1ccc(-c2ccc3nnn(CC(F)(F)F)c3c2)cn1. The number of aromatic nitrogens is 4. The molecule has 0 bridgehead atoms. The van der Waals surface area contributed by atoms with Crippen molar-refractivity contribution in [3.05, 3.63) is 42.5 Å². The second-order valence-corrected chi connectivity index (χ2v) is 4.44. The van der Waals surface area contributed by atoms with Crippen molar-refractivity contribution in [1.29, 1.82) is 0 Å². The van der Waals surface area contributed by atoms with E-state index >= 15 is 0 Å². The Labute approximate surface area is 116 Å². The molecule has 0 saturated carbocycles. The Kier molecular flexibility index (Phi) is 3.08. The third kappa shape index (κ3) is 2.83. The largest absolute Gasteiger partial charge is 0.408 e. The molecule has 3 rings (SSSR count). The first kappa shape index (κ1) is 13.5. The zero-order valence-electron chi connectivity index (χ0n) is 10.5. The van der Waals surface area contributed by atoms with Gasteiger partial charge in [0.05, 0.1) is 5.52 Å². The number of alkyl halides is 3. The number of benzene rings is 1. The summed E-state index contributed by atoms with van der Waals surface area (Å²) >= 11 is 0. The van der Waals surface area contributed by atoms with Gasteiger partial charge in [-0.1, -0.05) is 11.3 Å². The van der Waals surface area contributed by atoms with Crippen molar-refractivity contribution < 1.29 is 17.6 Å². The average molecular weight is 296 g/mol. The molecule has 8 heteroatoms. The maximum absolute atomic E-state index is 12.8. The highest BCUT2D eigenvalue weighted by atomic mass is 19.4. The molecule has 0 aliphatic carbocycles. The lowest BCUT2D eigenvalue weighted by molar-refractivity contribution is -0.142. The summed E-state index contributed by atoms with van der Waals surface area (Å²) in [6.07, 6.45) is -3.07. The van der Waals surface area contributed by atoms with E-state index in [9.17, 15) is 17.6 Å². The van der Waals surface area contributed by atoms with E-state index < -0.39 is 18.7 Å². The van der Waals surface area contributed by atoms with E-state index in [0.29, 0.717) is 16.6 Å². The Morgan fingerprint density at radius 3 is 2.48 bits per heavy atom. The molecule has 0 aliphatic rings. The minimum Gasteiger partial charge on any atom is -0.235 e. The first-order valence-electron chi connectivity index (χ1n) is 5.94. The predicted octanol–water partition coefficient (Wildman–Crippen LogP) is 3.19. The van der Waals surface area contributed by atoms with Gasteiger partial charge >= 0.3 is 6.18 Å². The summed E-state index contributed by atoms with van der Waals surface area (Å²) in [7, 11) is 0. The molecular formula is C13H8F4N4. The van der Waals surface area contributed by atoms with Crippen molar-refractivity contribution in [3.8, 4) is 11.1 Å². The van der Waals surface area contributed by atoms with Crippen molar-refractivity contribution in [3.63, 3.8) is 0 Å². The lowest BCUT2D eigenvalue weighted by Crippen LogP contribution is -2.18. The van der Waals surface area contributed by atoms with Crippen molar-refractivity contribution in [2.24, 2.45) is 0 Å².